The normalized spacial score (nSPS) is 29.0. The Hall–Kier alpha value is -3.44. The number of nitrogens with two attached hydrogens (primary N) is 1. The van der Waals surface area contributed by atoms with Gasteiger partial charge in [-0.2, -0.15) is 9.55 Å². The van der Waals surface area contributed by atoms with Crippen molar-refractivity contribution in [3.8, 4) is 0 Å². The highest BCUT2D eigenvalue weighted by Gasteiger charge is 2.56. The molecule has 178 valence electrons. The van der Waals surface area contributed by atoms with E-state index in [9.17, 15) is 34.0 Å². The summed E-state index contributed by atoms with van der Waals surface area (Å²) in [4.78, 5) is 67.2. The molecule has 18 nitrogen and oxygen atoms in total. The summed E-state index contributed by atoms with van der Waals surface area (Å²) < 4.78 is 32.8. The van der Waals surface area contributed by atoms with Gasteiger partial charge in [-0.1, -0.05) is 4.98 Å². The molecule has 0 amide bonds. The molecule has 0 aromatic carbocycles. The molecule has 4 N–H and O–H groups in total. The average Bonchev–Trinajstić information content (AvgIpc) is 3.24. The highest BCUT2D eigenvalue weighted by atomic mass is 31.2. The molecule has 4 heterocycles. The van der Waals surface area contributed by atoms with E-state index in [-0.39, 0.29) is 0 Å². The number of nitrogen functional groups attached to an aromatic ring is 1. The Labute approximate surface area is 181 Å². The second-order valence-corrected chi connectivity index (χ2v) is 8.25. The van der Waals surface area contributed by atoms with Crippen LogP contribution < -0.4 is 16.2 Å². The van der Waals surface area contributed by atoms with Crippen molar-refractivity contribution in [2.45, 2.75) is 37.4 Å². The number of carbonyl (C=O) groups excluding carboxylic acids is 1. The van der Waals surface area contributed by atoms with Crippen LogP contribution in [0.25, 0.3) is 11.2 Å². The van der Waals surface area contributed by atoms with Crippen molar-refractivity contribution in [2.75, 3.05) is 12.3 Å². The fourth-order valence-electron chi connectivity index (χ4n) is 3.42. The quantitative estimate of drug-likeness (QED) is 0.174. The molecule has 2 aliphatic heterocycles. The Bertz CT molecular complexity index is 1260. The maximum atomic E-state index is 12.2. The molecular formula is C14H14N6O12P-. The van der Waals surface area contributed by atoms with Crippen LogP contribution in [0.4, 0.5) is 11.9 Å². The van der Waals surface area contributed by atoms with Gasteiger partial charge in [0.2, 0.25) is 17.8 Å². The van der Waals surface area contributed by atoms with Crippen molar-refractivity contribution in [1.82, 2.24) is 19.5 Å². The second kappa shape index (κ2) is 8.16. The number of carboxylic acid groups (broad SMARTS) is 1. The molecule has 2 aromatic heterocycles. The van der Waals surface area contributed by atoms with Crippen LogP contribution in [0, 0.1) is 10.1 Å². The first kappa shape index (κ1) is 22.7. The molecule has 0 bridgehead atoms. The van der Waals surface area contributed by atoms with Crippen molar-refractivity contribution in [1.29, 1.82) is 0 Å². The van der Waals surface area contributed by atoms with E-state index in [2.05, 4.69) is 19.5 Å². The maximum Gasteiger partial charge on any atom is 0.439 e. The van der Waals surface area contributed by atoms with Crippen LogP contribution in [-0.4, -0.2) is 66.4 Å². The average molecular weight is 489 g/mol. The van der Waals surface area contributed by atoms with Crippen LogP contribution in [0.15, 0.2) is 4.79 Å². The number of phosphoric acid groups is 1. The lowest BCUT2D eigenvalue weighted by molar-refractivity contribution is -0.398. The Morgan fingerprint density at radius 2 is 2.12 bits per heavy atom. The van der Waals surface area contributed by atoms with Crippen LogP contribution in [0.3, 0.4) is 0 Å². The number of H-pyrrole nitrogens is 1. The number of aromatic amines is 1. The summed E-state index contributed by atoms with van der Waals surface area (Å²) in [5.74, 6) is -3.75. The van der Waals surface area contributed by atoms with Gasteiger partial charge in [-0.3, -0.25) is 23.9 Å². The molecule has 2 fully saturated rings. The van der Waals surface area contributed by atoms with E-state index in [1.165, 1.54) is 0 Å². The summed E-state index contributed by atoms with van der Waals surface area (Å²) in [6.07, 6.45) is -7.19. The number of fused-ring (bicyclic) bond motifs is 2. The molecule has 0 saturated carbocycles. The number of nitrogens with zero attached hydrogens (tertiary/aromatic N) is 4. The number of esters is 1. The molecule has 1 unspecified atom stereocenters. The number of hydrogen-bond acceptors (Lipinski definition) is 14. The second-order valence-electron chi connectivity index (χ2n) is 6.89. The zero-order valence-electron chi connectivity index (χ0n) is 16.2. The predicted molar refractivity (Wildman–Crippen MR) is 98.3 cm³/mol. The monoisotopic (exact) mass is 489 g/mol. The Balaban J connectivity index is 1.81. The Morgan fingerprint density at radius 1 is 1.39 bits per heavy atom. The van der Waals surface area contributed by atoms with Gasteiger partial charge in [-0.15, -0.1) is 0 Å². The van der Waals surface area contributed by atoms with Crippen LogP contribution in [-0.2, 0) is 32.7 Å². The number of aliphatic carboxylic acids is 1. The van der Waals surface area contributed by atoms with Crippen LogP contribution in [0.2, 0.25) is 0 Å². The third kappa shape index (κ3) is 4.29. The summed E-state index contributed by atoms with van der Waals surface area (Å²) in [6.45, 7) is -0.568. The number of ether oxygens (including phenoxy) is 2. The highest BCUT2D eigenvalue weighted by Crippen LogP contribution is 2.51. The van der Waals surface area contributed by atoms with E-state index >= 15 is 0 Å². The third-order valence-corrected chi connectivity index (χ3v) is 5.68. The summed E-state index contributed by atoms with van der Waals surface area (Å²) in [5, 5.41) is 20.4. The fraction of sp³-hybridized carbons (Fsp3) is 0.500. The van der Waals surface area contributed by atoms with Gasteiger partial charge in [0, 0.05) is 0 Å². The molecule has 0 spiro atoms. The fourth-order valence-corrected chi connectivity index (χ4v) is 4.36. The minimum atomic E-state index is -4.83. The van der Waals surface area contributed by atoms with E-state index in [1.54, 1.807) is 0 Å². The molecule has 2 aromatic rings. The van der Waals surface area contributed by atoms with Crippen molar-refractivity contribution >= 4 is 42.8 Å². The lowest BCUT2D eigenvalue weighted by Crippen LogP contribution is -2.43. The van der Waals surface area contributed by atoms with E-state index in [1.807, 2.05) is 0 Å². The zero-order valence-corrected chi connectivity index (χ0v) is 17.1. The largest absolute Gasteiger partial charge is 0.756 e. The van der Waals surface area contributed by atoms with E-state index < -0.39 is 97.3 Å². The first-order chi connectivity index (χ1) is 15.5. The molecular weight excluding hydrogens is 475 g/mol. The number of aromatic nitrogens is 4. The zero-order chi connectivity index (χ0) is 24.1. The molecule has 2 aliphatic rings. The Kier molecular flexibility index (Phi) is 5.62. The van der Waals surface area contributed by atoms with Gasteiger partial charge in [0.1, 0.15) is 12.2 Å². The van der Waals surface area contributed by atoms with Crippen molar-refractivity contribution in [2.24, 2.45) is 0 Å². The SMILES string of the molecule is Nc1nc2c(nc([N+](=O)[O-])n2[C@@H]2O[C@@H]3COP(=O)([O-])O[C@H]3[C@H]2OC(=O)CCC(=O)O)c(=O)[nH]1. The number of phosphoric ester groups is 1. The van der Waals surface area contributed by atoms with Gasteiger partial charge >= 0.3 is 17.9 Å². The molecule has 4 rings (SSSR count). The standard InChI is InChI=1S/C14H15N6O12P/c15-13-17-10-7(11(24)18-13)16-14(20(25)26)19(10)12-9(31-6(23)2-1-5(21)22)8-4(30-12)3-29-33(27,28)32-8/h4,8-9,12H,1-3H2,(H,21,22)(H,27,28)(H3,15,17,18,24)/p-1/t4-,8-,9-,12-/m1/s1. The maximum absolute atomic E-state index is 12.2. The Morgan fingerprint density at radius 3 is 2.79 bits per heavy atom. The van der Waals surface area contributed by atoms with Crippen LogP contribution in [0.5, 0.6) is 0 Å². The summed E-state index contributed by atoms with van der Waals surface area (Å²) in [5.41, 5.74) is 3.72. The minimum absolute atomic E-state index is 0.413. The van der Waals surface area contributed by atoms with Gasteiger partial charge in [-0.05, 0) is 4.92 Å². The smallest absolute Gasteiger partial charge is 0.439 e. The number of carboxylic acids is 1. The van der Waals surface area contributed by atoms with Gasteiger partial charge < -0.3 is 44.4 Å². The number of nitro groups is 1. The summed E-state index contributed by atoms with van der Waals surface area (Å²) in [6, 6.07) is 0. The van der Waals surface area contributed by atoms with Gasteiger partial charge in [0.25, 0.3) is 18.9 Å². The van der Waals surface area contributed by atoms with Gasteiger partial charge in [0.05, 0.1) is 19.4 Å². The predicted octanol–water partition coefficient (Wildman–Crippen LogP) is -1.83. The molecule has 2 saturated heterocycles. The van der Waals surface area contributed by atoms with E-state index in [0.717, 1.165) is 0 Å². The topological polar surface area (TPSA) is 264 Å². The number of rotatable bonds is 6. The molecule has 33 heavy (non-hydrogen) atoms. The van der Waals surface area contributed by atoms with Gasteiger partial charge in [-0.25, -0.2) is 0 Å². The first-order valence-electron chi connectivity index (χ1n) is 9.09. The summed E-state index contributed by atoms with van der Waals surface area (Å²) >= 11 is 0. The lowest BCUT2D eigenvalue weighted by atomic mass is 10.1. The number of imidazole rings is 1. The highest BCUT2D eigenvalue weighted by molar-refractivity contribution is 7.45. The first-order valence-corrected chi connectivity index (χ1v) is 10.6. The van der Waals surface area contributed by atoms with Gasteiger partial charge in [0.15, 0.2) is 6.10 Å². The van der Waals surface area contributed by atoms with E-state index in [0.29, 0.717) is 4.57 Å². The molecule has 19 heteroatoms. The number of hydrogen-bond donors (Lipinski definition) is 3. The lowest BCUT2D eigenvalue weighted by Gasteiger charge is -2.35. The van der Waals surface area contributed by atoms with Crippen LogP contribution in [0.1, 0.15) is 19.1 Å². The molecule has 5 atom stereocenters. The number of carbonyl (C=O) groups is 2. The number of anilines is 1. The van der Waals surface area contributed by atoms with Crippen molar-refractivity contribution in [3.05, 3.63) is 20.5 Å². The van der Waals surface area contributed by atoms with E-state index in [4.69, 9.17) is 24.8 Å². The van der Waals surface area contributed by atoms with Crippen molar-refractivity contribution in [3.63, 3.8) is 0 Å². The molecule has 0 aliphatic carbocycles. The van der Waals surface area contributed by atoms with Crippen LogP contribution >= 0.6 is 7.82 Å². The minimum Gasteiger partial charge on any atom is -0.756 e. The third-order valence-electron chi connectivity index (χ3n) is 4.71. The number of nitrogens with one attached hydrogen (secondary N) is 1. The molecule has 0 radical (unpaired) electrons. The van der Waals surface area contributed by atoms with Crippen molar-refractivity contribution < 1.29 is 47.6 Å². The summed E-state index contributed by atoms with van der Waals surface area (Å²) in [7, 11) is -4.83.